The van der Waals surface area contributed by atoms with Crippen molar-refractivity contribution in [3.05, 3.63) is 41.7 Å². The van der Waals surface area contributed by atoms with Crippen LogP contribution in [0.15, 0.2) is 29.4 Å². The lowest BCUT2D eigenvalue weighted by Crippen LogP contribution is -2.27. The van der Waals surface area contributed by atoms with Crippen molar-refractivity contribution in [3.63, 3.8) is 0 Å². The summed E-state index contributed by atoms with van der Waals surface area (Å²) in [6, 6.07) is 5.00. The minimum atomic E-state index is -3.95. The standard InChI is InChI=1S/C11H10FN5O2S/c12-9-2-1-3-10(8(9)6-13)20(18,19)16-5-4-11-14-7-15-17-11/h1-3,7,16H,4-5H2,(H,14,15,17). The average Bonchev–Trinajstić information content (AvgIpc) is 2.91. The lowest BCUT2D eigenvalue weighted by molar-refractivity contribution is 0.576. The van der Waals surface area contributed by atoms with Crippen LogP contribution in [0.2, 0.25) is 0 Å². The summed E-state index contributed by atoms with van der Waals surface area (Å²) in [6.07, 6.45) is 1.61. The number of hydrogen-bond donors (Lipinski definition) is 2. The van der Waals surface area contributed by atoms with E-state index in [0.717, 1.165) is 6.07 Å². The number of H-pyrrole nitrogens is 1. The number of hydrogen-bond acceptors (Lipinski definition) is 5. The average molecular weight is 295 g/mol. The number of halogens is 1. The summed E-state index contributed by atoms with van der Waals surface area (Å²) in [7, 11) is -3.95. The first kappa shape index (κ1) is 14.1. The topological polar surface area (TPSA) is 112 Å². The van der Waals surface area contributed by atoms with E-state index in [1.807, 2.05) is 0 Å². The molecule has 0 saturated heterocycles. The van der Waals surface area contributed by atoms with Crippen molar-refractivity contribution in [2.75, 3.05) is 6.54 Å². The van der Waals surface area contributed by atoms with Crippen molar-refractivity contribution >= 4 is 10.0 Å². The molecule has 1 heterocycles. The molecule has 0 aliphatic heterocycles. The van der Waals surface area contributed by atoms with E-state index in [-0.39, 0.29) is 11.4 Å². The Bertz CT molecular complexity index is 737. The van der Waals surface area contributed by atoms with E-state index >= 15 is 0 Å². The van der Waals surface area contributed by atoms with Crippen LogP contribution in [-0.4, -0.2) is 30.1 Å². The summed E-state index contributed by atoms with van der Waals surface area (Å²) < 4.78 is 39.7. The van der Waals surface area contributed by atoms with Gasteiger partial charge in [-0.25, -0.2) is 22.5 Å². The molecule has 0 aliphatic rings. The Kier molecular flexibility index (Phi) is 4.07. The molecule has 9 heteroatoms. The van der Waals surface area contributed by atoms with Crippen LogP contribution in [0.25, 0.3) is 0 Å². The third-order valence-electron chi connectivity index (χ3n) is 2.50. The van der Waals surface area contributed by atoms with Crippen molar-refractivity contribution in [2.45, 2.75) is 11.3 Å². The Morgan fingerprint density at radius 2 is 2.25 bits per heavy atom. The number of nitrogens with zero attached hydrogens (tertiary/aromatic N) is 3. The van der Waals surface area contributed by atoms with Crippen LogP contribution in [0.5, 0.6) is 0 Å². The minimum absolute atomic E-state index is 0.0545. The summed E-state index contributed by atoms with van der Waals surface area (Å²) in [5, 5.41) is 15.0. The van der Waals surface area contributed by atoms with Gasteiger partial charge in [-0.15, -0.1) is 0 Å². The molecule has 0 saturated carbocycles. The highest BCUT2D eigenvalue weighted by atomic mass is 32.2. The molecule has 1 aromatic heterocycles. The summed E-state index contributed by atoms with van der Waals surface area (Å²) in [4.78, 5) is 3.47. The number of benzene rings is 1. The molecular weight excluding hydrogens is 285 g/mol. The van der Waals surface area contributed by atoms with Gasteiger partial charge < -0.3 is 0 Å². The van der Waals surface area contributed by atoms with Gasteiger partial charge in [-0.1, -0.05) is 6.07 Å². The second-order valence-electron chi connectivity index (χ2n) is 3.80. The van der Waals surface area contributed by atoms with E-state index in [2.05, 4.69) is 19.9 Å². The Morgan fingerprint density at radius 1 is 1.45 bits per heavy atom. The number of aromatic amines is 1. The summed E-state index contributed by atoms with van der Waals surface area (Å²) in [5.74, 6) is -0.349. The van der Waals surface area contributed by atoms with Crippen LogP contribution in [0, 0.1) is 17.1 Å². The molecule has 0 unspecified atom stereocenters. The molecule has 20 heavy (non-hydrogen) atoms. The number of nitriles is 1. The lowest BCUT2D eigenvalue weighted by atomic mass is 10.2. The third-order valence-corrected chi connectivity index (χ3v) is 4.00. The third kappa shape index (κ3) is 2.98. The van der Waals surface area contributed by atoms with Gasteiger partial charge in [-0.05, 0) is 12.1 Å². The number of rotatable bonds is 5. The van der Waals surface area contributed by atoms with E-state index in [1.54, 1.807) is 6.07 Å². The van der Waals surface area contributed by atoms with Gasteiger partial charge in [0.1, 0.15) is 34.5 Å². The fraction of sp³-hybridized carbons (Fsp3) is 0.182. The zero-order valence-electron chi connectivity index (χ0n) is 10.2. The molecule has 0 aliphatic carbocycles. The molecule has 0 bridgehead atoms. The van der Waals surface area contributed by atoms with E-state index in [0.29, 0.717) is 12.2 Å². The molecule has 0 spiro atoms. The largest absolute Gasteiger partial charge is 0.263 e. The highest BCUT2D eigenvalue weighted by molar-refractivity contribution is 7.89. The van der Waals surface area contributed by atoms with E-state index in [4.69, 9.17) is 5.26 Å². The molecule has 0 atom stereocenters. The molecule has 104 valence electrons. The molecule has 2 aromatic rings. The first-order chi connectivity index (χ1) is 9.54. The van der Waals surface area contributed by atoms with Gasteiger partial charge in [0, 0.05) is 13.0 Å². The molecule has 2 rings (SSSR count). The molecule has 1 aromatic carbocycles. The van der Waals surface area contributed by atoms with Gasteiger partial charge in [-0.2, -0.15) is 10.4 Å². The second kappa shape index (κ2) is 5.77. The van der Waals surface area contributed by atoms with E-state index in [1.165, 1.54) is 18.5 Å². The maximum Gasteiger partial charge on any atom is 0.242 e. The molecule has 7 nitrogen and oxygen atoms in total. The van der Waals surface area contributed by atoms with Crippen LogP contribution in [0.3, 0.4) is 0 Å². The summed E-state index contributed by atoms with van der Waals surface area (Å²) in [5.41, 5.74) is -0.500. The molecular formula is C11H10FN5O2S. The predicted octanol–water partition coefficient (Wildman–Crippen LogP) is 0.336. The number of sulfonamides is 1. The smallest absolute Gasteiger partial charge is 0.242 e. The van der Waals surface area contributed by atoms with E-state index in [9.17, 15) is 12.8 Å². The fourth-order valence-electron chi connectivity index (χ4n) is 1.57. The summed E-state index contributed by atoms with van der Waals surface area (Å²) >= 11 is 0. The SMILES string of the molecule is N#Cc1c(F)cccc1S(=O)(=O)NCCc1ncn[nH]1. The van der Waals surface area contributed by atoms with Crippen LogP contribution in [0.1, 0.15) is 11.4 Å². The first-order valence-corrected chi connectivity index (χ1v) is 7.05. The molecule has 0 radical (unpaired) electrons. The van der Waals surface area contributed by atoms with E-state index < -0.39 is 21.4 Å². The van der Waals surface area contributed by atoms with Crippen LogP contribution in [0.4, 0.5) is 4.39 Å². The van der Waals surface area contributed by atoms with Crippen LogP contribution in [-0.2, 0) is 16.4 Å². The first-order valence-electron chi connectivity index (χ1n) is 5.57. The molecule has 0 amide bonds. The maximum absolute atomic E-state index is 13.4. The van der Waals surface area contributed by atoms with Crippen LogP contribution < -0.4 is 4.72 Å². The Balaban J connectivity index is 2.15. The number of nitrogens with one attached hydrogen (secondary N) is 2. The minimum Gasteiger partial charge on any atom is -0.263 e. The Hall–Kier alpha value is -2.31. The summed E-state index contributed by atoms with van der Waals surface area (Å²) in [6.45, 7) is 0.0545. The van der Waals surface area contributed by atoms with Gasteiger partial charge in [-0.3, -0.25) is 5.10 Å². The van der Waals surface area contributed by atoms with Crippen LogP contribution >= 0.6 is 0 Å². The zero-order chi connectivity index (χ0) is 14.6. The monoisotopic (exact) mass is 295 g/mol. The van der Waals surface area contributed by atoms with Crippen molar-refractivity contribution in [1.82, 2.24) is 19.9 Å². The van der Waals surface area contributed by atoms with Crippen molar-refractivity contribution in [3.8, 4) is 6.07 Å². The zero-order valence-corrected chi connectivity index (χ0v) is 11.0. The second-order valence-corrected chi connectivity index (χ2v) is 5.54. The van der Waals surface area contributed by atoms with Gasteiger partial charge >= 0.3 is 0 Å². The number of aromatic nitrogens is 3. The predicted molar refractivity (Wildman–Crippen MR) is 66.4 cm³/mol. The van der Waals surface area contributed by atoms with Gasteiger partial charge in [0.2, 0.25) is 10.0 Å². The quantitative estimate of drug-likeness (QED) is 0.826. The normalized spacial score (nSPS) is 11.2. The van der Waals surface area contributed by atoms with Gasteiger partial charge in [0.05, 0.1) is 0 Å². The fourth-order valence-corrected chi connectivity index (χ4v) is 2.77. The van der Waals surface area contributed by atoms with Crippen molar-refractivity contribution in [1.29, 1.82) is 5.26 Å². The van der Waals surface area contributed by atoms with Gasteiger partial charge in [0.15, 0.2) is 0 Å². The highest BCUT2D eigenvalue weighted by Crippen LogP contribution is 2.17. The van der Waals surface area contributed by atoms with Crippen molar-refractivity contribution in [2.24, 2.45) is 0 Å². The van der Waals surface area contributed by atoms with Gasteiger partial charge in [0.25, 0.3) is 0 Å². The lowest BCUT2D eigenvalue weighted by Gasteiger charge is -2.07. The maximum atomic E-state index is 13.4. The Labute approximate surface area is 114 Å². The highest BCUT2D eigenvalue weighted by Gasteiger charge is 2.20. The van der Waals surface area contributed by atoms with Crippen molar-refractivity contribution < 1.29 is 12.8 Å². The molecule has 0 fully saturated rings. The Morgan fingerprint density at radius 3 is 2.90 bits per heavy atom. The molecule has 2 N–H and O–H groups in total.